The minimum Gasteiger partial charge on any atom is -0.0894 e. The van der Waals surface area contributed by atoms with Gasteiger partial charge in [0.15, 0.2) is 0 Å². The fraction of sp³-hybridized carbons (Fsp3) is 0.200. The molecule has 482 valence electrons. The summed E-state index contributed by atoms with van der Waals surface area (Å²) in [5.41, 5.74) is 23.3. The average Bonchev–Trinajstić information content (AvgIpc) is 1.50. The van der Waals surface area contributed by atoms with E-state index in [9.17, 15) is 4.11 Å². The molecule has 0 saturated heterocycles. The van der Waals surface area contributed by atoms with Gasteiger partial charge >= 0.3 is 371 Å². The number of aryl methyl sites for hydroxylation is 1. The van der Waals surface area contributed by atoms with Crippen molar-refractivity contribution < 1.29 is 28.2 Å². The number of aromatic nitrogens is 4. The summed E-state index contributed by atoms with van der Waals surface area (Å²) in [4.78, 5) is 7.75. The van der Waals surface area contributed by atoms with Crippen LogP contribution >= 0.6 is 11.8 Å². The first-order valence-corrected chi connectivity index (χ1v) is 35.7. The number of pyridine rings is 1. The molecule has 14 aromatic rings. The van der Waals surface area contributed by atoms with Crippen LogP contribution in [0.15, 0.2) is 259 Å². The van der Waals surface area contributed by atoms with E-state index in [2.05, 4.69) is 335 Å². The summed E-state index contributed by atoms with van der Waals surface area (Å²) in [5, 5.41) is 2.00. The third-order valence-corrected chi connectivity index (χ3v) is 22.3. The number of ether oxygens (including phenoxy) is 1. The van der Waals surface area contributed by atoms with Crippen LogP contribution in [0, 0.1) is 10.7 Å². The number of hydrogen-bond donors (Lipinski definition) is 0. The Morgan fingerprint density at radius 3 is 1.60 bits per heavy atom. The van der Waals surface area contributed by atoms with Gasteiger partial charge in [-0.1, -0.05) is 117 Å². The summed E-state index contributed by atoms with van der Waals surface area (Å²) in [6.07, 6.45) is 1.76. The van der Waals surface area contributed by atoms with Crippen LogP contribution in [-0.4, -0.2) is 18.7 Å². The minimum atomic E-state index is -2.48. The maximum atomic E-state index is 9.18. The number of para-hydroxylation sites is 2. The summed E-state index contributed by atoms with van der Waals surface area (Å²) in [6, 6.07) is 88.0. The number of fused-ring (bicyclic) bond motifs is 13. The average molecular weight is 1460 g/mol. The monoisotopic (exact) mass is 1460 g/mol. The van der Waals surface area contributed by atoms with Crippen molar-refractivity contribution in [2.75, 3.05) is 0 Å². The van der Waals surface area contributed by atoms with Crippen LogP contribution < -0.4 is 4.74 Å². The smallest absolute Gasteiger partial charge is 0.0894 e. The van der Waals surface area contributed by atoms with Crippen molar-refractivity contribution >= 4 is 44.6 Å². The van der Waals surface area contributed by atoms with Crippen molar-refractivity contribution in [3.05, 3.63) is 303 Å². The molecule has 16 rings (SSSR count). The Hall–Kier alpha value is -9.32. The van der Waals surface area contributed by atoms with Crippen molar-refractivity contribution in [3.63, 3.8) is 0 Å². The van der Waals surface area contributed by atoms with Gasteiger partial charge in [0.05, 0.1) is 5.41 Å². The predicted octanol–water partition coefficient (Wildman–Crippen LogP) is 24.1. The Morgan fingerprint density at radius 1 is 0.392 bits per heavy atom. The Kier molecular flexibility index (Phi) is 13.9. The number of nitrogens with zero attached hydrogens (tertiary/aromatic N) is 4. The molecule has 0 bridgehead atoms. The summed E-state index contributed by atoms with van der Waals surface area (Å²) >= 11 is 4.38. The molecule has 1 aliphatic heterocycles. The molecular formula is C90H80N4OPtS. The fourth-order valence-corrected chi connectivity index (χ4v) is 17.3. The molecule has 1 aliphatic carbocycles. The molecular weight excluding hydrogens is 1380 g/mol. The molecule has 11 aromatic carbocycles. The van der Waals surface area contributed by atoms with E-state index in [-0.39, 0.29) is 27.2 Å². The van der Waals surface area contributed by atoms with E-state index in [1.54, 1.807) is 12.3 Å². The zero-order chi connectivity index (χ0) is 69.7. The topological polar surface area (TPSA) is 36.9 Å². The zero-order valence-corrected chi connectivity index (χ0v) is 60.2. The molecule has 3 aromatic heterocycles. The van der Waals surface area contributed by atoms with E-state index < -0.39 is 12.3 Å². The van der Waals surface area contributed by atoms with Crippen LogP contribution in [0.1, 0.15) is 137 Å². The summed E-state index contributed by atoms with van der Waals surface area (Å²) in [5.74, 6) is 1.77. The van der Waals surface area contributed by atoms with E-state index in [0.29, 0.717) is 22.9 Å². The molecule has 0 saturated carbocycles. The first-order valence-electron chi connectivity index (χ1n) is 35.2. The van der Waals surface area contributed by atoms with Crippen LogP contribution in [0.5, 0.6) is 11.5 Å². The second-order valence-electron chi connectivity index (χ2n) is 30.6. The first kappa shape index (κ1) is 59.0. The Bertz CT molecular complexity index is 5650. The molecule has 0 radical (unpaired) electrons. The zero-order valence-electron chi connectivity index (χ0n) is 60.1. The minimum absolute atomic E-state index is 0.0777. The Labute approximate surface area is 590 Å². The molecule has 0 fully saturated rings. The van der Waals surface area contributed by atoms with Crippen molar-refractivity contribution in [1.82, 2.24) is 18.7 Å². The van der Waals surface area contributed by atoms with Gasteiger partial charge in [-0.15, -0.1) is 0 Å². The predicted molar refractivity (Wildman–Crippen MR) is 402 cm³/mol. The van der Waals surface area contributed by atoms with Gasteiger partial charge < -0.3 is 0 Å². The van der Waals surface area contributed by atoms with E-state index in [1.807, 2.05) is 30.0 Å². The summed E-state index contributed by atoms with van der Waals surface area (Å²) < 4.78 is 42.7. The molecule has 0 atom stereocenters. The Morgan fingerprint density at radius 2 is 0.948 bits per heavy atom. The van der Waals surface area contributed by atoms with Crippen LogP contribution in [-0.2, 0) is 46.4 Å². The molecule has 4 heterocycles. The molecule has 0 N–H and O–H groups in total. The van der Waals surface area contributed by atoms with Gasteiger partial charge in [0.1, 0.15) is 0 Å². The molecule has 1 spiro atoms. The van der Waals surface area contributed by atoms with Crippen LogP contribution in [0.4, 0.5) is 0 Å². The molecule has 0 amide bonds. The molecule has 97 heavy (non-hydrogen) atoms. The standard InChI is InChI=1S/C90H80N4OS.Pt/c1-56-44-84(91-54-73(56)58-38-40-60(41-39-58)86(2,3)4)94-80-51-66(42-43-68(80)72-52-71-67-30-17-18-31-74(67)90(77(71)53-81(72)94)75-32-19-23-36-82(75)96-83-37-24-20-33-76(83)90)95-65-29-25-28-64(50-65)92-55-93(79-35-22-21-34-78(79)92)85-69(57-26-15-14-16-27-57)48-63(89(11,12)13)49-70(85)59-45-61(87(5,6)7)47-62(46-59)88(8,9)10;/h14-54H,1-13H3;/i1D3;. The number of benzene rings is 11. The normalized spacial score (nSPS) is 14.1. The van der Waals surface area contributed by atoms with Gasteiger partial charge in [-0.2, -0.15) is 0 Å². The summed E-state index contributed by atoms with van der Waals surface area (Å²) in [7, 11) is 0. The van der Waals surface area contributed by atoms with Crippen LogP contribution in [0.2, 0.25) is 0 Å². The third kappa shape index (κ3) is 10.4. The van der Waals surface area contributed by atoms with Crippen molar-refractivity contribution in [2.45, 2.75) is 127 Å². The van der Waals surface area contributed by atoms with Crippen LogP contribution in [0.25, 0.3) is 94.5 Å². The van der Waals surface area contributed by atoms with Gasteiger partial charge in [0.2, 0.25) is 0 Å². The first-order chi connectivity index (χ1) is 47.6. The van der Waals surface area contributed by atoms with E-state index in [4.69, 9.17) is 9.72 Å². The van der Waals surface area contributed by atoms with E-state index >= 15 is 0 Å². The molecule has 2 aliphatic rings. The maximum absolute atomic E-state index is 9.18. The fourth-order valence-electron chi connectivity index (χ4n) is 15.0. The quantitative estimate of drug-likeness (QED) is 0.152. The van der Waals surface area contributed by atoms with Crippen LogP contribution in [0.3, 0.4) is 0 Å². The van der Waals surface area contributed by atoms with Gasteiger partial charge in [-0.25, -0.2) is 0 Å². The molecule has 7 heteroatoms. The van der Waals surface area contributed by atoms with Gasteiger partial charge in [-0.3, -0.25) is 0 Å². The van der Waals surface area contributed by atoms with Crippen molar-refractivity contribution in [1.29, 1.82) is 0 Å². The third-order valence-electron chi connectivity index (χ3n) is 20.2. The SMILES string of the molecule is [2H]C([2H])([2H])c1cc(-n2c3cc(Oc4cccc(-n5[c](=[Pt])n(-c6c(-c7ccccc7)cc(C(C)(C)C)cc6-c6cc(C(C)(C)C)cc(C(C)(C)C)c6)c6ccccc65)c4)ccc3c3cc4c(cc32)C2(c3ccccc3Sc3ccccc32)c2ccccc2-4)ncc1-c1ccc(C(C)(C)C)cc1. The van der Waals surface area contributed by atoms with Crippen molar-refractivity contribution in [2.24, 2.45) is 0 Å². The van der Waals surface area contributed by atoms with Gasteiger partial charge in [0, 0.05) is 25.7 Å². The number of rotatable bonds is 8. The Balaban J connectivity index is 0.891. The van der Waals surface area contributed by atoms with Gasteiger partial charge in [-0.05, 0) is 74.5 Å². The van der Waals surface area contributed by atoms with E-state index in [0.717, 1.165) is 75.8 Å². The number of imidazole rings is 1. The second-order valence-corrected chi connectivity index (χ2v) is 32.7. The molecule has 0 unspecified atom stereocenters. The van der Waals surface area contributed by atoms with E-state index in [1.165, 1.54) is 65.4 Å². The molecule has 5 nitrogen and oxygen atoms in total. The van der Waals surface area contributed by atoms with Crippen molar-refractivity contribution in [3.8, 4) is 73.2 Å². The number of hydrogen-bond acceptors (Lipinski definition) is 3. The summed E-state index contributed by atoms with van der Waals surface area (Å²) in [6.45, 7) is 24.9. The second kappa shape index (κ2) is 22.9. The van der Waals surface area contributed by atoms with Gasteiger partial charge in [0.25, 0.3) is 0 Å².